The predicted octanol–water partition coefficient (Wildman–Crippen LogP) is 4.77. The smallest absolute Gasteiger partial charge is 0.421 e. The van der Waals surface area contributed by atoms with Crippen LogP contribution in [0.1, 0.15) is 10.4 Å². The van der Waals surface area contributed by atoms with Gasteiger partial charge in [0.1, 0.15) is 0 Å². The molecule has 0 aliphatic rings. The van der Waals surface area contributed by atoms with Crippen molar-refractivity contribution in [1.82, 2.24) is 0 Å². The normalized spacial score (nSPS) is 10.1. The number of amides is 2. The molecule has 0 saturated heterocycles. The number of carbonyl (C=O) groups is 2. The molecule has 4 nitrogen and oxygen atoms in total. The highest BCUT2D eigenvalue weighted by Crippen LogP contribution is 2.24. The van der Waals surface area contributed by atoms with E-state index in [1.807, 2.05) is 48.5 Å². The summed E-state index contributed by atoms with van der Waals surface area (Å²) in [6.45, 7) is 0. The van der Waals surface area contributed by atoms with Crippen molar-refractivity contribution in [3.8, 4) is 11.1 Å². The van der Waals surface area contributed by atoms with Gasteiger partial charge in [0.2, 0.25) is 0 Å². The number of benzene rings is 3. The van der Waals surface area contributed by atoms with Crippen LogP contribution in [0, 0.1) is 0 Å². The third-order valence-corrected chi connectivity index (χ3v) is 3.81. The molecule has 0 aliphatic heterocycles. The molecule has 0 spiro atoms. The van der Waals surface area contributed by atoms with Gasteiger partial charge in [-0.25, -0.2) is 9.69 Å². The van der Waals surface area contributed by atoms with Crippen LogP contribution in [0.15, 0.2) is 84.9 Å². The lowest BCUT2D eigenvalue weighted by Gasteiger charge is -2.20. The lowest BCUT2D eigenvalue weighted by atomic mass is 10.1. The first kappa shape index (κ1) is 16.5. The second-order valence-corrected chi connectivity index (χ2v) is 5.39. The quantitative estimate of drug-likeness (QED) is 0.695. The first-order chi connectivity index (χ1) is 12.2. The summed E-state index contributed by atoms with van der Waals surface area (Å²) in [6.07, 6.45) is -0.721. The third-order valence-electron chi connectivity index (χ3n) is 3.81. The molecule has 0 fully saturated rings. The Hall–Kier alpha value is -3.40. The van der Waals surface area contributed by atoms with Crippen LogP contribution in [0.4, 0.5) is 10.5 Å². The minimum atomic E-state index is -0.721. The monoisotopic (exact) mass is 331 g/mol. The average molecular weight is 331 g/mol. The number of carbonyl (C=O) groups excluding carboxylic acids is 2. The molecule has 0 N–H and O–H groups in total. The zero-order valence-electron chi connectivity index (χ0n) is 13.8. The second kappa shape index (κ2) is 7.45. The van der Waals surface area contributed by atoms with Gasteiger partial charge in [-0.15, -0.1) is 0 Å². The number of anilines is 1. The fraction of sp³-hybridized carbons (Fsp3) is 0.0476. The second-order valence-electron chi connectivity index (χ2n) is 5.39. The summed E-state index contributed by atoms with van der Waals surface area (Å²) in [5.74, 6) is -0.431. The Morgan fingerprint density at radius 2 is 1.24 bits per heavy atom. The van der Waals surface area contributed by atoms with Gasteiger partial charge in [0.15, 0.2) is 0 Å². The first-order valence-corrected chi connectivity index (χ1v) is 7.83. The van der Waals surface area contributed by atoms with E-state index >= 15 is 0 Å². The highest BCUT2D eigenvalue weighted by Gasteiger charge is 2.25. The molecule has 0 atom stereocenters. The van der Waals surface area contributed by atoms with E-state index in [0.29, 0.717) is 11.3 Å². The van der Waals surface area contributed by atoms with E-state index in [1.165, 1.54) is 7.11 Å². The van der Waals surface area contributed by atoms with Crippen LogP contribution in [0.5, 0.6) is 0 Å². The Balaban J connectivity index is 1.94. The maximum absolute atomic E-state index is 12.7. The summed E-state index contributed by atoms with van der Waals surface area (Å²) in [4.78, 5) is 25.9. The van der Waals surface area contributed by atoms with Gasteiger partial charge in [0.25, 0.3) is 5.91 Å². The van der Waals surface area contributed by atoms with Crippen molar-refractivity contribution in [1.29, 1.82) is 0 Å². The molecule has 0 aliphatic carbocycles. The lowest BCUT2D eigenvalue weighted by molar-refractivity contribution is 0.0976. The zero-order chi connectivity index (χ0) is 17.6. The molecule has 0 heterocycles. The number of nitrogens with zero attached hydrogens (tertiary/aromatic N) is 1. The molecule has 2 amide bonds. The molecule has 0 bridgehead atoms. The lowest BCUT2D eigenvalue weighted by Crippen LogP contribution is -2.36. The molecule has 25 heavy (non-hydrogen) atoms. The molecule has 3 rings (SSSR count). The molecule has 124 valence electrons. The van der Waals surface area contributed by atoms with E-state index in [-0.39, 0.29) is 0 Å². The van der Waals surface area contributed by atoms with Gasteiger partial charge in [-0.3, -0.25) is 4.79 Å². The Kier molecular flexibility index (Phi) is 4.90. The summed E-state index contributed by atoms with van der Waals surface area (Å²) >= 11 is 0. The number of methoxy groups -OCH3 is 1. The van der Waals surface area contributed by atoms with Gasteiger partial charge in [-0.05, 0) is 35.4 Å². The largest absolute Gasteiger partial charge is 0.452 e. The van der Waals surface area contributed by atoms with E-state index in [2.05, 4.69) is 0 Å². The Bertz CT molecular complexity index is 859. The average Bonchev–Trinajstić information content (AvgIpc) is 2.70. The fourth-order valence-electron chi connectivity index (χ4n) is 2.54. The highest BCUT2D eigenvalue weighted by molar-refractivity contribution is 6.19. The highest BCUT2D eigenvalue weighted by atomic mass is 16.5. The molecule has 0 unspecified atom stereocenters. The van der Waals surface area contributed by atoms with Crippen molar-refractivity contribution in [2.45, 2.75) is 0 Å². The summed E-state index contributed by atoms with van der Waals surface area (Å²) in [5, 5.41) is 0. The summed E-state index contributed by atoms with van der Waals surface area (Å²) in [6, 6.07) is 25.7. The van der Waals surface area contributed by atoms with Crippen LogP contribution in [0.25, 0.3) is 11.1 Å². The Morgan fingerprint density at radius 3 is 1.80 bits per heavy atom. The van der Waals surface area contributed by atoms with E-state index in [1.54, 1.807) is 36.4 Å². The molecule has 3 aromatic carbocycles. The van der Waals surface area contributed by atoms with Gasteiger partial charge < -0.3 is 4.74 Å². The topological polar surface area (TPSA) is 46.6 Å². The number of hydrogen-bond acceptors (Lipinski definition) is 3. The van der Waals surface area contributed by atoms with Gasteiger partial charge >= 0.3 is 6.09 Å². The molecule has 4 heteroatoms. The van der Waals surface area contributed by atoms with Crippen LogP contribution < -0.4 is 4.90 Å². The predicted molar refractivity (Wildman–Crippen MR) is 97.5 cm³/mol. The fourth-order valence-corrected chi connectivity index (χ4v) is 2.54. The van der Waals surface area contributed by atoms with Gasteiger partial charge in [-0.2, -0.15) is 0 Å². The standard InChI is InChI=1S/C21H17NO3/c1-25-21(24)22(20(23)18-10-6-3-7-11-18)19-14-12-17(13-15-19)16-8-4-2-5-9-16/h2-15H,1H3. The first-order valence-electron chi connectivity index (χ1n) is 7.83. The number of hydrogen-bond donors (Lipinski definition) is 0. The summed E-state index contributed by atoms with van der Waals surface area (Å²) in [5.41, 5.74) is 2.94. The molecule has 0 aromatic heterocycles. The number of rotatable bonds is 3. The van der Waals surface area contributed by atoms with Crippen LogP contribution in [-0.2, 0) is 4.74 Å². The zero-order valence-corrected chi connectivity index (χ0v) is 13.8. The maximum atomic E-state index is 12.7. The van der Waals surface area contributed by atoms with Crippen molar-refractivity contribution < 1.29 is 14.3 Å². The summed E-state index contributed by atoms with van der Waals surface area (Å²) < 4.78 is 4.79. The van der Waals surface area contributed by atoms with Crippen LogP contribution >= 0.6 is 0 Å². The van der Waals surface area contributed by atoms with Crippen molar-refractivity contribution >= 4 is 17.7 Å². The summed E-state index contributed by atoms with van der Waals surface area (Å²) in [7, 11) is 1.26. The van der Waals surface area contributed by atoms with Crippen molar-refractivity contribution in [3.05, 3.63) is 90.5 Å². The molecule has 0 radical (unpaired) electrons. The molecule has 3 aromatic rings. The Labute approximate surface area is 146 Å². The van der Waals surface area contributed by atoms with Gasteiger partial charge in [-0.1, -0.05) is 60.7 Å². The number of imide groups is 1. The van der Waals surface area contributed by atoms with Gasteiger partial charge in [0.05, 0.1) is 12.8 Å². The maximum Gasteiger partial charge on any atom is 0.421 e. The molecular formula is C21H17NO3. The van der Waals surface area contributed by atoms with E-state index in [4.69, 9.17) is 4.74 Å². The minimum absolute atomic E-state index is 0.417. The van der Waals surface area contributed by atoms with Crippen LogP contribution in [-0.4, -0.2) is 19.1 Å². The van der Waals surface area contributed by atoms with Crippen molar-refractivity contribution in [2.24, 2.45) is 0 Å². The molecular weight excluding hydrogens is 314 g/mol. The van der Waals surface area contributed by atoms with E-state index in [0.717, 1.165) is 16.0 Å². The Morgan fingerprint density at radius 1 is 0.720 bits per heavy atom. The van der Waals surface area contributed by atoms with E-state index in [9.17, 15) is 9.59 Å². The van der Waals surface area contributed by atoms with Gasteiger partial charge in [0, 0.05) is 5.56 Å². The third kappa shape index (κ3) is 3.58. The SMILES string of the molecule is COC(=O)N(C(=O)c1ccccc1)c1ccc(-c2ccccc2)cc1. The minimum Gasteiger partial charge on any atom is -0.452 e. The van der Waals surface area contributed by atoms with Crippen LogP contribution in [0.3, 0.4) is 0 Å². The van der Waals surface area contributed by atoms with E-state index < -0.39 is 12.0 Å². The van der Waals surface area contributed by atoms with Crippen molar-refractivity contribution in [2.75, 3.05) is 12.0 Å². The van der Waals surface area contributed by atoms with Crippen LogP contribution in [0.2, 0.25) is 0 Å². The number of ether oxygens (including phenoxy) is 1. The molecule has 0 saturated carbocycles. The van der Waals surface area contributed by atoms with Crippen molar-refractivity contribution in [3.63, 3.8) is 0 Å².